The lowest BCUT2D eigenvalue weighted by atomic mass is 10.1. The van der Waals surface area contributed by atoms with E-state index in [1.165, 1.54) is 10.6 Å². The third kappa shape index (κ3) is 4.45. The molecular formula is C17H21NO2S2. The van der Waals surface area contributed by atoms with Crippen molar-refractivity contribution in [1.29, 1.82) is 0 Å². The average Bonchev–Trinajstić information content (AvgIpc) is 3.00. The largest absolute Gasteiger partial charge is 0.269 e. The number of benzene rings is 1. The molecule has 1 aromatic heterocycles. The van der Waals surface area contributed by atoms with Crippen molar-refractivity contribution in [3.8, 4) is 0 Å². The summed E-state index contributed by atoms with van der Waals surface area (Å²) in [5.74, 6) is 0. The average molecular weight is 335 g/mol. The Morgan fingerprint density at radius 1 is 1.18 bits per heavy atom. The summed E-state index contributed by atoms with van der Waals surface area (Å²) in [4.78, 5) is 0.963. The van der Waals surface area contributed by atoms with Gasteiger partial charge in [0.2, 0.25) is 10.0 Å². The van der Waals surface area contributed by atoms with Gasteiger partial charge in [-0.25, -0.2) is 8.42 Å². The van der Waals surface area contributed by atoms with Crippen molar-refractivity contribution in [2.24, 2.45) is 0 Å². The van der Waals surface area contributed by atoms with Crippen LogP contribution in [0.5, 0.6) is 0 Å². The first-order valence-electron chi connectivity index (χ1n) is 7.30. The molecule has 5 heteroatoms. The second kappa shape index (κ2) is 7.61. The van der Waals surface area contributed by atoms with Crippen LogP contribution < -0.4 is 0 Å². The van der Waals surface area contributed by atoms with Crippen LogP contribution in [0, 0.1) is 0 Å². The first-order chi connectivity index (χ1) is 10.5. The highest BCUT2D eigenvalue weighted by atomic mass is 32.2. The molecule has 0 radical (unpaired) electrons. The molecular weight excluding hydrogens is 314 g/mol. The van der Waals surface area contributed by atoms with Crippen LogP contribution in [-0.2, 0) is 10.0 Å². The standard InChI is InChI=1S/C17H21NO2S2/c1-3-4-12-18(22(2,19)20)16(17-11-8-13-21-17)14-15-9-6-5-7-10-15/h5-11,13-14H,3-4,12H2,1-2H3/b16-14+. The molecule has 0 aliphatic rings. The Morgan fingerprint density at radius 2 is 1.91 bits per heavy atom. The van der Waals surface area contributed by atoms with Gasteiger partial charge in [0.05, 0.1) is 16.8 Å². The summed E-state index contributed by atoms with van der Waals surface area (Å²) >= 11 is 1.55. The summed E-state index contributed by atoms with van der Waals surface area (Å²) in [5.41, 5.74) is 1.74. The summed E-state index contributed by atoms with van der Waals surface area (Å²) in [7, 11) is -3.31. The van der Waals surface area contributed by atoms with Crippen LogP contribution in [0.2, 0.25) is 0 Å². The van der Waals surface area contributed by atoms with Gasteiger partial charge in [-0.15, -0.1) is 11.3 Å². The molecule has 2 aromatic rings. The zero-order chi connectivity index (χ0) is 16.0. The Hall–Kier alpha value is -1.59. The maximum atomic E-state index is 12.3. The minimum Gasteiger partial charge on any atom is -0.269 e. The molecule has 1 heterocycles. The highest BCUT2D eigenvalue weighted by Crippen LogP contribution is 2.28. The van der Waals surface area contributed by atoms with E-state index in [-0.39, 0.29) is 0 Å². The lowest BCUT2D eigenvalue weighted by Crippen LogP contribution is -2.29. The molecule has 1 aromatic carbocycles. The smallest absolute Gasteiger partial charge is 0.232 e. The highest BCUT2D eigenvalue weighted by Gasteiger charge is 2.21. The zero-order valence-corrected chi connectivity index (χ0v) is 14.5. The van der Waals surface area contributed by atoms with Crippen LogP contribution in [0.15, 0.2) is 47.8 Å². The number of unbranched alkanes of at least 4 members (excludes halogenated alkanes) is 1. The molecule has 0 N–H and O–H groups in total. The molecule has 0 unspecified atom stereocenters. The molecule has 0 aliphatic heterocycles. The van der Waals surface area contributed by atoms with Gasteiger partial charge in [-0.05, 0) is 29.5 Å². The van der Waals surface area contributed by atoms with E-state index in [0.29, 0.717) is 6.54 Å². The van der Waals surface area contributed by atoms with Crippen molar-refractivity contribution in [1.82, 2.24) is 4.31 Å². The van der Waals surface area contributed by atoms with Crippen molar-refractivity contribution in [2.45, 2.75) is 19.8 Å². The number of sulfonamides is 1. The Kier molecular flexibility index (Phi) is 5.80. The van der Waals surface area contributed by atoms with Gasteiger partial charge in [0.25, 0.3) is 0 Å². The molecule has 0 saturated heterocycles. The number of hydrogen-bond acceptors (Lipinski definition) is 3. The second-order valence-corrected chi connectivity index (χ2v) is 7.96. The normalized spacial score (nSPS) is 12.4. The summed E-state index contributed by atoms with van der Waals surface area (Å²) in [5, 5.41) is 1.97. The van der Waals surface area contributed by atoms with Crippen molar-refractivity contribution < 1.29 is 8.42 Å². The lowest BCUT2D eigenvalue weighted by molar-refractivity contribution is 0.506. The van der Waals surface area contributed by atoms with Crippen molar-refractivity contribution in [3.05, 3.63) is 58.3 Å². The third-order valence-electron chi connectivity index (χ3n) is 3.26. The number of thiophene rings is 1. The second-order valence-electron chi connectivity index (χ2n) is 5.11. The fourth-order valence-electron chi connectivity index (χ4n) is 2.16. The van der Waals surface area contributed by atoms with Gasteiger partial charge in [-0.1, -0.05) is 49.7 Å². The SMILES string of the molecule is CCCCN(/C(=C/c1ccccc1)c1cccs1)S(C)(=O)=O. The Labute approximate surface area is 137 Å². The number of hydrogen-bond donors (Lipinski definition) is 0. The monoisotopic (exact) mass is 335 g/mol. The quantitative estimate of drug-likeness (QED) is 0.756. The van der Waals surface area contributed by atoms with Gasteiger partial charge < -0.3 is 0 Å². The van der Waals surface area contributed by atoms with Crippen molar-refractivity contribution >= 4 is 33.1 Å². The van der Waals surface area contributed by atoms with E-state index < -0.39 is 10.0 Å². The predicted molar refractivity (Wildman–Crippen MR) is 95.1 cm³/mol. The molecule has 3 nitrogen and oxygen atoms in total. The van der Waals surface area contributed by atoms with E-state index >= 15 is 0 Å². The summed E-state index contributed by atoms with van der Waals surface area (Å²) in [6, 6.07) is 13.7. The zero-order valence-electron chi connectivity index (χ0n) is 12.9. The highest BCUT2D eigenvalue weighted by molar-refractivity contribution is 7.88. The first-order valence-corrected chi connectivity index (χ1v) is 10.0. The molecule has 0 bridgehead atoms. The fraction of sp³-hybridized carbons (Fsp3) is 0.294. The van der Waals surface area contributed by atoms with Gasteiger partial charge >= 0.3 is 0 Å². The van der Waals surface area contributed by atoms with E-state index in [4.69, 9.17) is 0 Å². The van der Waals surface area contributed by atoms with Crippen LogP contribution in [-0.4, -0.2) is 25.5 Å². The van der Waals surface area contributed by atoms with E-state index in [0.717, 1.165) is 29.0 Å². The molecule has 118 valence electrons. The van der Waals surface area contributed by atoms with Crippen LogP contribution in [0.4, 0.5) is 0 Å². The maximum absolute atomic E-state index is 12.3. The van der Waals surface area contributed by atoms with Gasteiger partial charge in [-0.2, -0.15) is 0 Å². The minimum absolute atomic E-state index is 0.506. The van der Waals surface area contributed by atoms with E-state index in [2.05, 4.69) is 6.92 Å². The molecule has 0 spiro atoms. The molecule has 0 amide bonds. The molecule has 0 saturated carbocycles. The number of nitrogens with zero attached hydrogens (tertiary/aromatic N) is 1. The fourth-order valence-corrected chi connectivity index (χ4v) is 3.94. The summed E-state index contributed by atoms with van der Waals surface area (Å²) in [6.45, 7) is 2.57. The molecule has 2 rings (SSSR count). The third-order valence-corrected chi connectivity index (χ3v) is 5.33. The van der Waals surface area contributed by atoms with Crippen LogP contribution >= 0.6 is 11.3 Å². The van der Waals surface area contributed by atoms with Crippen molar-refractivity contribution in [3.63, 3.8) is 0 Å². The predicted octanol–water partition coefficient (Wildman–Crippen LogP) is 4.31. The van der Waals surface area contributed by atoms with Crippen LogP contribution in [0.1, 0.15) is 30.2 Å². The van der Waals surface area contributed by atoms with Gasteiger partial charge in [-0.3, -0.25) is 4.31 Å². The van der Waals surface area contributed by atoms with E-state index in [1.807, 2.05) is 53.9 Å². The topological polar surface area (TPSA) is 37.4 Å². The van der Waals surface area contributed by atoms with Gasteiger partial charge in [0.15, 0.2) is 0 Å². The molecule has 0 aliphatic carbocycles. The van der Waals surface area contributed by atoms with Crippen LogP contribution in [0.25, 0.3) is 11.8 Å². The Bertz CT molecular complexity index is 704. The lowest BCUT2D eigenvalue weighted by Gasteiger charge is -2.24. The summed E-state index contributed by atoms with van der Waals surface area (Å²) in [6.07, 6.45) is 5.01. The maximum Gasteiger partial charge on any atom is 0.232 e. The van der Waals surface area contributed by atoms with Gasteiger partial charge in [0, 0.05) is 6.54 Å². The molecule has 0 atom stereocenters. The summed E-state index contributed by atoms with van der Waals surface area (Å²) < 4.78 is 26.0. The minimum atomic E-state index is -3.31. The number of rotatable bonds is 7. The van der Waals surface area contributed by atoms with E-state index in [9.17, 15) is 8.42 Å². The van der Waals surface area contributed by atoms with E-state index in [1.54, 1.807) is 11.3 Å². The first kappa shape index (κ1) is 16.8. The van der Waals surface area contributed by atoms with Gasteiger partial charge in [0.1, 0.15) is 0 Å². The Morgan fingerprint density at radius 3 is 2.45 bits per heavy atom. The molecule has 22 heavy (non-hydrogen) atoms. The molecule has 0 fully saturated rings. The van der Waals surface area contributed by atoms with Crippen LogP contribution in [0.3, 0.4) is 0 Å². The Balaban J connectivity index is 2.49. The van der Waals surface area contributed by atoms with Crippen molar-refractivity contribution in [2.75, 3.05) is 12.8 Å².